The molecule has 1 aliphatic heterocycles. The van der Waals surface area contributed by atoms with Gasteiger partial charge in [-0.25, -0.2) is 4.79 Å². The first-order chi connectivity index (χ1) is 10.1. The summed E-state index contributed by atoms with van der Waals surface area (Å²) in [6, 6.07) is 7.60. The van der Waals surface area contributed by atoms with Crippen molar-refractivity contribution in [2.24, 2.45) is 11.8 Å². The van der Waals surface area contributed by atoms with Gasteiger partial charge in [0.1, 0.15) is 0 Å². The van der Waals surface area contributed by atoms with Gasteiger partial charge in [0.2, 0.25) is 0 Å². The lowest BCUT2D eigenvalue weighted by atomic mass is 9.91. The molecule has 1 aliphatic rings. The molecule has 1 fully saturated rings. The lowest BCUT2D eigenvalue weighted by Gasteiger charge is -2.37. The topological polar surface area (TPSA) is 66.3 Å². The van der Waals surface area contributed by atoms with E-state index in [0.717, 1.165) is 24.0 Å². The number of piperidine rings is 1. The van der Waals surface area contributed by atoms with E-state index in [-0.39, 0.29) is 5.69 Å². The van der Waals surface area contributed by atoms with Crippen molar-refractivity contribution in [2.45, 2.75) is 20.3 Å². The summed E-state index contributed by atoms with van der Waals surface area (Å²) in [6.07, 6.45) is 1.18. The summed E-state index contributed by atoms with van der Waals surface area (Å²) in [5.74, 6) is 0.0683. The van der Waals surface area contributed by atoms with Crippen molar-refractivity contribution in [1.29, 1.82) is 0 Å². The Labute approximate surface area is 123 Å². The van der Waals surface area contributed by atoms with Gasteiger partial charge in [-0.2, -0.15) is 0 Å². The maximum Gasteiger partial charge on any atom is 0.358 e. The van der Waals surface area contributed by atoms with Crippen LogP contribution in [0.25, 0.3) is 10.9 Å². The van der Waals surface area contributed by atoms with Crippen LogP contribution in [-0.4, -0.2) is 34.4 Å². The minimum atomic E-state index is -1.02. The van der Waals surface area contributed by atoms with Crippen molar-refractivity contribution in [2.75, 3.05) is 18.0 Å². The second kappa shape index (κ2) is 5.31. The van der Waals surface area contributed by atoms with Crippen LogP contribution in [0.1, 0.15) is 30.8 Å². The third-order valence-electron chi connectivity index (χ3n) is 4.03. The highest BCUT2D eigenvalue weighted by atomic mass is 16.4. The van der Waals surface area contributed by atoms with Gasteiger partial charge in [-0.05, 0) is 24.3 Å². The van der Waals surface area contributed by atoms with Crippen LogP contribution in [0.4, 0.5) is 5.69 Å². The number of hydrogen-bond acceptors (Lipinski definition) is 4. The molecule has 1 N–H and O–H groups in total. The Morgan fingerprint density at radius 1 is 1.19 bits per heavy atom. The van der Waals surface area contributed by atoms with E-state index >= 15 is 0 Å². The first-order valence-corrected chi connectivity index (χ1v) is 7.30. The fraction of sp³-hybridized carbons (Fsp3) is 0.438. The molecule has 1 saturated heterocycles. The van der Waals surface area contributed by atoms with Crippen molar-refractivity contribution in [1.82, 2.24) is 10.2 Å². The quantitative estimate of drug-likeness (QED) is 0.919. The van der Waals surface area contributed by atoms with Crippen LogP contribution < -0.4 is 4.90 Å². The van der Waals surface area contributed by atoms with Gasteiger partial charge in [0.15, 0.2) is 5.69 Å². The first kappa shape index (κ1) is 13.8. The average Bonchev–Trinajstić information content (AvgIpc) is 2.44. The lowest BCUT2D eigenvalue weighted by molar-refractivity contribution is 0.0690. The highest BCUT2D eigenvalue weighted by Crippen LogP contribution is 2.33. The Balaban J connectivity index is 2.18. The van der Waals surface area contributed by atoms with Crippen molar-refractivity contribution in [3.8, 4) is 0 Å². The summed E-state index contributed by atoms with van der Waals surface area (Å²) < 4.78 is 0. The van der Waals surface area contributed by atoms with E-state index in [9.17, 15) is 9.90 Å². The van der Waals surface area contributed by atoms with E-state index in [2.05, 4.69) is 28.9 Å². The minimum Gasteiger partial charge on any atom is -0.476 e. The Morgan fingerprint density at radius 2 is 1.86 bits per heavy atom. The third kappa shape index (κ3) is 2.55. The fourth-order valence-electron chi connectivity index (χ4n) is 3.35. The van der Waals surface area contributed by atoms with Crippen LogP contribution >= 0.6 is 0 Å². The van der Waals surface area contributed by atoms with Gasteiger partial charge in [-0.1, -0.05) is 32.0 Å². The predicted molar refractivity (Wildman–Crippen MR) is 81.7 cm³/mol. The number of anilines is 1. The number of carboxylic acid groups (broad SMARTS) is 1. The molecule has 1 aromatic heterocycles. The third-order valence-corrected chi connectivity index (χ3v) is 4.03. The molecule has 2 aromatic rings. The van der Waals surface area contributed by atoms with Crippen LogP contribution in [0, 0.1) is 11.8 Å². The van der Waals surface area contributed by atoms with Crippen molar-refractivity contribution >= 4 is 22.6 Å². The number of nitrogens with zero attached hydrogens (tertiary/aromatic N) is 3. The van der Waals surface area contributed by atoms with E-state index in [0.29, 0.717) is 17.5 Å². The zero-order chi connectivity index (χ0) is 15.0. The molecule has 21 heavy (non-hydrogen) atoms. The molecule has 0 saturated carbocycles. The van der Waals surface area contributed by atoms with Crippen molar-refractivity contribution in [3.63, 3.8) is 0 Å². The number of carboxylic acids is 1. The SMILES string of the molecule is CC1CC(C)CN(c2c(C(=O)O)nnc3ccccc23)C1. The number of fused-ring (bicyclic) bond motifs is 1. The number of aromatic nitrogens is 2. The van der Waals surface area contributed by atoms with Crippen molar-refractivity contribution in [3.05, 3.63) is 30.0 Å². The van der Waals surface area contributed by atoms with Gasteiger partial charge in [-0.3, -0.25) is 0 Å². The standard InChI is InChI=1S/C16H19N3O2/c1-10-7-11(2)9-19(8-10)15-12-5-3-4-6-13(12)17-18-14(15)16(20)21/h3-6,10-11H,7-9H2,1-2H3,(H,20,21). The second-order valence-corrected chi connectivity index (χ2v) is 6.07. The van der Waals surface area contributed by atoms with E-state index in [4.69, 9.17) is 0 Å². The number of rotatable bonds is 2. The zero-order valence-electron chi connectivity index (χ0n) is 12.3. The molecule has 3 rings (SSSR count). The number of carbonyl (C=O) groups is 1. The number of aromatic carboxylic acids is 1. The zero-order valence-corrected chi connectivity index (χ0v) is 12.3. The normalized spacial score (nSPS) is 22.5. The molecule has 2 unspecified atom stereocenters. The Morgan fingerprint density at radius 3 is 2.52 bits per heavy atom. The highest BCUT2D eigenvalue weighted by Gasteiger charge is 2.27. The number of hydrogen-bond donors (Lipinski definition) is 1. The van der Waals surface area contributed by atoms with Crippen LogP contribution in [0.3, 0.4) is 0 Å². The molecule has 5 heteroatoms. The Hall–Kier alpha value is -2.17. The molecule has 2 atom stereocenters. The summed E-state index contributed by atoms with van der Waals surface area (Å²) in [5.41, 5.74) is 1.50. The van der Waals surface area contributed by atoms with Crippen LogP contribution in [0.2, 0.25) is 0 Å². The van der Waals surface area contributed by atoms with Gasteiger partial charge in [-0.15, -0.1) is 10.2 Å². The molecular weight excluding hydrogens is 266 g/mol. The predicted octanol–water partition coefficient (Wildman–Crippen LogP) is 2.81. The molecule has 0 amide bonds. The molecule has 5 nitrogen and oxygen atoms in total. The summed E-state index contributed by atoms with van der Waals surface area (Å²) in [4.78, 5) is 13.7. The van der Waals surface area contributed by atoms with E-state index < -0.39 is 5.97 Å². The van der Waals surface area contributed by atoms with Crippen LogP contribution in [0.15, 0.2) is 24.3 Å². The fourth-order valence-corrected chi connectivity index (χ4v) is 3.35. The molecule has 0 radical (unpaired) electrons. The maximum absolute atomic E-state index is 11.5. The molecule has 2 heterocycles. The molecule has 0 spiro atoms. The van der Waals surface area contributed by atoms with Crippen LogP contribution in [0.5, 0.6) is 0 Å². The lowest BCUT2D eigenvalue weighted by Crippen LogP contribution is -2.39. The average molecular weight is 285 g/mol. The molecule has 0 bridgehead atoms. The smallest absolute Gasteiger partial charge is 0.358 e. The van der Waals surface area contributed by atoms with Gasteiger partial charge < -0.3 is 10.0 Å². The maximum atomic E-state index is 11.5. The monoisotopic (exact) mass is 285 g/mol. The van der Waals surface area contributed by atoms with E-state index in [1.54, 1.807) is 0 Å². The van der Waals surface area contributed by atoms with Gasteiger partial charge >= 0.3 is 5.97 Å². The van der Waals surface area contributed by atoms with E-state index in [1.165, 1.54) is 6.42 Å². The highest BCUT2D eigenvalue weighted by molar-refractivity contribution is 6.02. The Bertz CT molecular complexity index is 676. The molecular formula is C16H19N3O2. The van der Waals surface area contributed by atoms with Crippen molar-refractivity contribution < 1.29 is 9.90 Å². The Kier molecular flexibility index (Phi) is 3.49. The molecule has 110 valence electrons. The summed E-state index contributed by atoms with van der Waals surface area (Å²) in [7, 11) is 0. The first-order valence-electron chi connectivity index (χ1n) is 7.30. The second-order valence-electron chi connectivity index (χ2n) is 6.07. The van der Waals surface area contributed by atoms with Gasteiger partial charge in [0.25, 0.3) is 0 Å². The van der Waals surface area contributed by atoms with E-state index in [1.807, 2.05) is 24.3 Å². The van der Waals surface area contributed by atoms with Gasteiger partial charge in [0.05, 0.1) is 11.2 Å². The summed E-state index contributed by atoms with van der Waals surface area (Å²) in [5, 5.41) is 18.3. The van der Waals surface area contributed by atoms with Gasteiger partial charge in [0, 0.05) is 18.5 Å². The molecule has 0 aliphatic carbocycles. The number of benzene rings is 1. The largest absolute Gasteiger partial charge is 0.476 e. The summed E-state index contributed by atoms with van der Waals surface area (Å²) >= 11 is 0. The minimum absolute atomic E-state index is 0.0509. The van der Waals surface area contributed by atoms with Crippen LogP contribution in [-0.2, 0) is 0 Å². The summed E-state index contributed by atoms with van der Waals surface area (Å²) in [6.45, 7) is 6.14. The molecule has 1 aromatic carbocycles.